The van der Waals surface area contributed by atoms with Gasteiger partial charge >= 0.3 is 6.01 Å². The number of rotatable bonds is 3. The summed E-state index contributed by atoms with van der Waals surface area (Å²) in [5.74, 6) is -0.148. The van der Waals surface area contributed by atoms with Gasteiger partial charge in [0, 0.05) is 13.2 Å². The molecule has 2 heterocycles. The zero-order valence-corrected chi connectivity index (χ0v) is 11.7. The maximum Gasteiger partial charge on any atom is 0.322 e. The van der Waals surface area contributed by atoms with Gasteiger partial charge in [0.1, 0.15) is 5.69 Å². The molecule has 0 fully saturated rings. The van der Waals surface area contributed by atoms with Crippen molar-refractivity contribution < 1.29 is 9.21 Å². The Labute approximate surface area is 124 Å². The minimum absolute atomic E-state index is 0.00359. The van der Waals surface area contributed by atoms with Gasteiger partial charge in [-0.1, -0.05) is 28.8 Å². The second kappa shape index (κ2) is 5.37. The third-order valence-electron chi connectivity index (χ3n) is 2.80. The predicted octanol–water partition coefficient (Wildman–Crippen LogP) is 2.38. The summed E-state index contributed by atoms with van der Waals surface area (Å²) in [6.07, 6.45) is 1.53. The predicted molar refractivity (Wildman–Crippen MR) is 75.9 cm³/mol. The van der Waals surface area contributed by atoms with Gasteiger partial charge in [-0.05, 0) is 18.2 Å². The van der Waals surface area contributed by atoms with E-state index < -0.39 is 0 Å². The second-order valence-corrected chi connectivity index (χ2v) is 4.59. The van der Waals surface area contributed by atoms with Crippen LogP contribution in [-0.2, 0) is 7.05 Å². The number of carbonyl (C=O) groups excluding carboxylic acids is 1. The number of aromatic nitrogens is 4. The van der Waals surface area contributed by atoms with Crippen molar-refractivity contribution in [2.75, 3.05) is 5.32 Å². The van der Waals surface area contributed by atoms with Gasteiger partial charge in [-0.15, -0.1) is 5.10 Å². The van der Waals surface area contributed by atoms with Gasteiger partial charge in [0.05, 0.1) is 10.6 Å². The lowest BCUT2D eigenvalue weighted by molar-refractivity contribution is 0.101. The molecule has 3 rings (SSSR count). The molecule has 0 bridgehead atoms. The molecular formula is C13H10ClN5O2. The van der Waals surface area contributed by atoms with Crippen LogP contribution in [0, 0.1) is 0 Å². The SMILES string of the molecule is Cn1nccc1C(=O)Nc1nnc(-c2ccccc2Cl)o1. The maximum absolute atomic E-state index is 12.0. The van der Waals surface area contributed by atoms with Crippen molar-refractivity contribution in [2.45, 2.75) is 0 Å². The van der Waals surface area contributed by atoms with E-state index >= 15 is 0 Å². The highest BCUT2D eigenvalue weighted by molar-refractivity contribution is 6.33. The van der Waals surface area contributed by atoms with Gasteiger partial charge in [-0.25, -0.2) is 0 Å². The van der Waals surface area contributed by atoms with E-state index in [1.165, 1.54) is 10.9 Å². The number of nitrogens with zero attached hydrogens (tertiary/aromatic N) is 4. The van der Waals surface area contributed by atoms with Crippen LogP contribution in [0.2, 0.25) is 5.02 Å². The summed E-state index contributed by atoms with van der Waals surface area (Å²) < 4.78 is 6.84. The molecule has 106 valence electrons. The fourth-order valence-corrected chi connectivity index (χ4v) is 1.99. The monoisotopic (exact) mass is 303 g/mol. The molecular weight excluding hydrogens is 294 g/mol. The number of halogens is 1. The third kappa shape index (κ3) is 2.63. The van der Waals surface area contributed by atoms with Crippen LogP contribution in [0.15, 0.2) is 40.9 Å². The van der Waals surface area contributed by atoms with Crippen LogP contribution >= 0.6 is 11.6 Å². The minimum Gasteiger partial charge on any atom is -0.403 e. The van der Waals surface area contributed by atoms with Gasteiger partial charge in [0.25, 0.3) is 11.8 Å². The average molecular weight is 304 g/mol. The van der Waals surface area contributed by atoms with E-state index in [1.807, 2.05) is 0 Å². The van der Waals surface area contributed by atoms with Crippen molar-refractivity contribution in [3.63, 3.8) is 0 Å². The Morgan fingerprint density at radius 2 is 2.10 bits per heavy atom. The number of aryl methyl sites for hydroxylation is 1. The van der Waals surface area contributed by atoms with E-state index in [4.69, 9.17) is 16.0 Å². The minimum atomic E-state index is -0.385. The number of anilines is 1. The molecule has 0 saturated carbocycles. The number of amides is 1. The zero-order chi connectivity index (χ0) is 14.8. The fraction of sp³-hybridized carbons (Fsp3) is 0.0769. The molecule has 2 aromatic heterocycles. The maximum atomic E-state index is 12.0. The standard InChI is InChI=1S/C13H10ClN5O2/c1-19-10(6-7-15-19)11(20)16-13-18-17-12(21-13)8-4-2-3-5-9(8)14/h2-7H,1H3,(H,16,18,20). The van der Waals surface area contributed by atoms with E-state index in [0.717, 1.165) is 0 Å². The van der Waals surface area contributed by atoms with Crippen LogP contribution in [0.3, 0.4) is 0 Å². The van der Waals surface area contributed by atoms with Crippen LogP contribution in [-0.4, -0.2) is 25.9 Å². The molecule has 0 unspecified atom stereocenters. The zero-order valence-electron chi connectivity index (χ0n) is 10.9. The van der Waals surface area contributed by atoms with Crippen LogP contribution in [0.5, 0.6) is 0 Å². The number of carbonyl (C=O) groups is 1. The van der Waals surface area contributed by atoms with Crippen molar-refractivity contribution in [3.8, 4) is 11.5 Å². The van der Waals surface area contributed by atoms with E-state index in [1.54, 1.807) is 37.4 Å². The third-order valence-corrected chi connectivity index (χ3v) is 3.13. The Hall–Kier alpha value is -2.67. The lowest BCUT2D eigenvalue weighted by atomic mass is 10.2. The highest BCUT2D eigenvalue weighted by atomic mass is 35.5. The van der Waals surface area contributed by atoms with Crippen molar-refractivity contribution >= 4 is 23.5 Å². The lowest BCUT2D eigenvalue weighted by Gasteiger charge is -2.00. The first kappa shape index (κ1) is 13.3. The van der Waals surface area contributed by atoms with Gasteiger partial charge in [-0.2, -0.15) is 5.10 Å². The van der Waals surface area contributed by atoms with Crippen molar-refractivity contribution in [1.29, 1.82) is 0 Å². The highest BCUT2D eigenvalue weighted by Crippen LogP contribution is 2.27. The Kier molecular flexibility index (Phi) is 3.41. The molecule has 21 heavy (non-hydrogen) atoms. The number of benzene rings is 1. The van der Waals surface area contributed by atoms with E-state index in [2.05, 4.69) is 20.6 Å². The Balaban J connectivity index is 1.82. The topological polar surface area (TPSA) is 85.8 Å². The lowest BCUT2D eigenvalue weighted by Crippen LogP contribution is -2.16. The highest BCUT2D eigenvalue weighted by Gasteiger charge is 2.16. The number of hydrogen-bond donors (Lipinski definition) is 1. The van der Waals surface area contributed by atoms with E-state index in [0.29, 0.717) is 16.3 Å². The molecule has 0 saturated heterocycles. The van der Waals surface area contributed by atoms with Crippen molar-refractivity contribution in [2.24, 2.45) is 7.05 Å². The molecule has 0 radical (unpaired) electrons. The Morgan fingerprint density at radius 3 is 2.81 bits per heavy atom. The Bertz CT molecular complexity index is 795. The molecule has 0 aliphatic heterocycles. The first-order valence-electron chi connectivity index (χ1n) is 6.03. The van der Waals surface area contributed by atoms with Crippen LogP contribution < -0.4 is 5.32 Å². The molecule has 0 aliphatic rings. The van der Waals surface area contributed by atoms with Crippen LogP contribution in [0.1, 0.15) is 10.5 Å². The smallest absolute Gasteiger partial charge is 0.322 e. The van der Waals surface area contributed by atoms with Crippen molar-refractivity contribution in [3.05, 3.63) is 47.2 Å². The fourth-order valence-electron chi connectivity index (χ4n) is 1.78. The molecule has 0 aliphatic carbocycles. The number of hydrogen-bond acceptors (Lipinski definition) is 5. The van der Waals surface area contributed by atoms with Gasteiger partial charge in [0.15, 0.2) is 0 Å². The molecule has 1 amide bonds. The van der Waals surface area contributed by atoms with Crippen molar-refractivity contribution in [1.82, 2.24) is 20.0 Å². The molecule has 3 aromatic rings. The van der Waals surface area contributed by atoms with Crippen LogP contribution in [0.4, 0.5) is 6.01 Å². The summed E-state index contributed by atoms with van der Waals surface area (Å²) in [6.45, 7) is 0. The Morgan fingerprint density at radius 1 is 1.29 bits per heavy atom. The van der Waals surface area contributed by atoms with Gasteiger partial charge < -0.3 is 4.42 Å². The normalized spacial score (nSPS) is 10.6. The summed E-state index contributed by atoms with van der Waals surface area (Å²) in [5.41, 5.74) is 0.986. The summed E-state index contributed by atoms with van der Waals surface area (Å²) in [7, 11) is 1.66. The largest absolute Gasteiger partial charge is 0.403 e. The quantitative estimate of drug-likeness (QED) is 0.803. The molecule has 8 heteroatoms. The van der Waals surface area contributed by atoms with Gasteiger partial charge in [-0.3, -0.25) is 14.8 Å². The molecule has 1 aromatic carbocycles. The molecule has 0 atom stereocenters. The summed E-state index contributed by atoms with van der Waals surface area (Å²) >= 11 is 6.05. The number of nitrogens with one attached hydrogen (secondary N) is 1. The molecule has 0 spiro atoms. The van der Waals surface area contributed by atoms with E-state index in [-0.39, 0.29) is 17.8 Å². The molecule has 1 N–H and O–H groups in total. The average Bonchev–Trinajstić information content (AvgIpc) is 3.08. The second-order valence-electron chi connectivity index (χ2n) is 4.19. The summed E-state index contributed by atoms with van der Waals surface area (Å²) in [6, 6.07) is 8.65. The summed E-state index contributed by atoms with van der Waals surface area (Å²) in [4.78, 5) is 12.0. The molecule has 7 nitrogen and oxygen atoms in total. The first-order chi connectivity index (χ1) is 10.1. The van der Waals surface area contributed by atoms with Gasteiger partial charge in [0.2, 0.25) is 0 Å². The summed E-state index contributed by atoms with van der Waals surface area (Å²) in [5, 5.41) is 14.6. The first-order valence-corrected chi connectivity index (χ1v) is 6.40. The van der Waals surface area contributed by atoms with Crippen LogP contribution in [0.25, 0.3) is 11.5 Å². The van der Waals surface area contributed by atoms with E-state index in [9.17, 15) is 4.79 Å².